The largest absolute Gasteiger partial charge is 0.368 e. The van der Waals surface area contributed by atoms with E-state index in [1.54, 1.807) is 13.0 Å². The number of pyridine rings is 1. The van der Waals surface area contributed by atoms with Gasteiger partial charge in [-0.1, -0.05) is 16.8 Å². The van der Waals surface area contributed by atoms with Crippen molar-refractivity contribution in [2.24, 2.45) is 0 Å². The molecule has 1 N–H and O–H groups in total. The van der Waals surface area contributed by atoms with E-state index in [4.69, 9.17) is 21.4 Å². The van der Waals surface area contributed by atoms with Crippen LogP contribution in [-0.4, -0.2) is 21.7 Å². The Morgan fingerprint density at radius 3 is 3.06 bits per heavy atom. The molecule has 0 saturated carbocycles. The molecule has 2 rings (SSSR count). The first kappa shape index (κ1) is 12.3. The van der Waals surface area contributed by atoms with Crippen LogP contribution >= 0.6 is 11.6 Å². The zero-order chi connectivity index (χ0) is 13.0. The van der Waals surface area contributed by atoms with Crippen LogP contribution in [0.5, 0.6) is 0 Å². The van der Waals surface area contributed by atoms with E-state index in [0.717, 1.165) is 0 Å². The second kappa shape index (κ2) is 5.47. The van der Waals surface area contributed by atoms with Crippen molar-refractivity contribution in [3.05, 3.63) is 34.6 Å². The third-order valence-electron chi connectivity index (χ3n) is 2.21. The van der Waals surface area contributed by atoms with Gasteiger partial charge in [0.2, 0.25) is 5.89 Å². The zero-order valence-corrected chi connectivity index (χ0v) is 10.4. The Balaban J connectivity index is 1.97. The van der Waals surface area contributed by atoms with Crippen LogP contribution < -0.4 is 5.32 Å². The van der Waals surface area contributed by atoms with Crippen LogP contribution in [0.2, 0.25) is 5.02 Å². The molecule has 0 aliphatic carbocycles. The van der Waals surface area contributed by atoms with Crippen molar-refractivity contribution in [1.29, 1.82) is 5.26 Å². The van der Waals surface area contributed by atoms with E-state index in [1.165, 1.54) is 6.20 Å². The summed E-state index contributed by atoms with van der Waals surface area (Å²) >= 11 is 6.00. The Hall–Kier alpha value is -2.13. The van der Waals surface area contributed by atoms with E-state index in [-0.39, 0.29) is 0 Å². The molecule has 0 bridgehead atoms. The lowest BCUT2D eigenvalue weighted by molar-refractivity contribution is 0.377. The Morgan fingerprint density at radius 2 is 2.39 bits per heavy atom. The molecule has 0 saturated heterocycles. The van der Waals surface area contributed by atoms with Crippen molar-refractivity contribution in [3.8, 4) is 6.07 Å². The summed E-state index contributed by atoms with van der Waals surface area (Å²) in [6.07, 6.45) is 2.10. The van der Waals surface area contributed by atoms with Gasteiger partial charge in [0.15, 0.2) is 5.82 Å². The Bertz CT molecular complexity index is 589. The number of nitriles is 1. The van der Waals surface area contributed by atoms with E-state index in [9.17, 15) is 0 Å². The lowest BCUT2D eigenvalue weighted by Crippen LogP contribution is -2.07. The van der Waals surface area contributed by atoms with Crippen LogP contribution in [-0.2, 0) is 6.42 Å². The lowest BCUT2D eigenvalue weighted by atomic mass is 10.3. The minimum Gasteiger partial charge on any atom is -0.368 e. The highest BCUT2D eigenvalue weighted by Crippen LogP contribution is 2.22. The number of nitrogens with one attached hydrogen (secondary N) is 1. The molecule has 2 aromatic rings. The molecule has 92 valence electrons. The molecule has 18 heavy (non-hydrogen) atoms. The molecule has 2 heterocycles. The van der Waals surface area contributed by atoms with Crippen molar-refractivity contribution in [2.75, 3.05) is 11.9 Å². The summed E-state index contributed by atoms with van der Waals surface area (Å²) in [6, 6.07) is 3.56. The van der Waals surface area contributed by atoms with E-state index in [1.807, 2.05) is 6.07 Å². The molecule has 0 fully saturated rings. The first-order chi connectivity index (χ1) is 8.70. The maximum atomic E-state index is 8.83. The quantitative estimate of drug-likeness (QED) is 0.907. The van der Waals surface area contributed by atoms with Gasteiger partial charge in [-0.15, -0.1) is 0 Å². The average molecular weight is 264 g/mol. The third kappa shape index (κ3) is 2.76. The first-order valence-corrected chi connectivity index (χ1v) is 5.66. The van der Waals surface area contributed by atoms with Gasteiger partial charge in [0.1, 0.15) is 16.9 Å². The van der Waals surface area contributed by atoms with E-state index in [0.29, 0.717) is 41.1 Å². The predicted molar refractivity (Wildman–Crippen MR) is 65.2 cm³/mol. The molecule has 0 aliphatic heterocycles. The van der Waals surface area contributed by atoms with E-state index >= 15 is 0 Å². The van der Waals surface area contributed by atoms with Crippen molar-refractivity contribution in [1.82, 2.24) is 15.1 Å². The second-order valence-corrected chi connectivity index (χ2v) is 3.92. The summed E-state index contributed by atoms with van der Waals surface area (Å²) < 4.78 is 4.97. The van der Waals surface area contributed by atoms with Gasteiger partial charge < -0.3 is 9.84 Å². The SMILES string of the molecule is Cc1noc(CCNc2nccc(C#N)c2Cl)n1. The number of aromatic nitrogens is 3. The van der Waals surface area contributed by atoms with Crippen LogP contribution in [0.3, 0.4) is 0 Å². The molecule has 0 aromatic carbocycles. The number of aryl methyl sites for hydroxylation is 1. The summed E-state index contributed by atoms with van der Waals surface area (Å²) in [5.74, 6) is 1.63. The monoisotopic (exact) mass is 263 g/mol. The molecule has 0 aliphatic rings. The molecule has 0 radical (unpaired) electrons. The van der Waals surface area contributed by atoms with Gasteiger partial charge >= 0.3 is 0 Å². The topological polar surface area (TPSA) is 87.6 Å². The molecular formula is C11H10ClN5O. The van der Waals surface area contributed by atoms with Gasteiger partial charge in [-0.05, 0) is 13.0 Å². The van der Waals surface area contributed by atoms with Crippen LogP contribution in [0.4, 0.5) is 5.82 Å². The maximum absolute atomic E-state index is 8.83. The number of hydrogen-bond donors (Lipinski definition) is 1. The molecule has 7 heteroatoms. The summed E-state index contributed by atoms with van der Waals surface area (Å²) in [5, 5.41) is 15.9. The second-order valence-electron chi connectivity index (χ2n) is 3.55. The van der Waals surface area contributed by atoms with Gasteiger partial charge in [0, 0.05) is 19.2 Å². The van der Waals surface area contributed by atoms with Crippen molar-refractivity contribution < 1.29 is 4.52 Å². The van der Waals surface area contributed by atoms with Gasteiger partial charge in [0.05, 0.1) is 5.56 Å². The molecule has 0 atom stereocenters. The minimum atomic E-state index is 0.321. The lowest BCUT2D eigenvalue weighted by Gasteiger charge is -2.06. The number of anilines is 1. The minimum absolute atomic E-state index is 0.321. The van der Waals surface area contributed by atoms with Gasteiger partial charge in [-0.25, -0.2) is 4.98 Å². The Labute approximate surface area is 109 Å². The van der Waals surface area contributed by atoms with Crippen LogP contribution in [0.15, 0.2) is 16.8 Å². The summed E-state index contributed by atoms with van der Waals surface area (Å²) in [5.41, 5.74) is 0.391. The number of halogens is 1. The first-order valence-electron chi connectivity index (χ1n) is 5.28. The highest BCUT2D eigenvalue weighted by molar-refractivity contribution is 6.34. The molecule has 0 unspecified atom stereocenters. The van der Waals surface area contributed by atoms with Crippen LogP contribution in [0, 0.1) is 18.3 Å². The molecule has 0 amide bonds. The standard InChI is InChI=1S/C11H10ClN5O/c1-7-16-9(18-17-7)3-5-15-11-10(12)8(6-13)2-4-14-11/h2,4H,3,5H2,1H3,(H,14,15). The molecule has 2 aromatic heterocycles. The Morgan fingerprint density at radius 1 is 1.56 bits per heavy atom. The normalized spacial score (nSPS) is 10.1. The van der Waals surface area contributed by atoms with E-state index in [2.05, 4.69) is 20.4 Å². The fourth-order valence-corrected chi connectivity index (χ4v) is 1.60. The summed E-state index contributed by atoms with van der Waals surface area (Å²) in [6.45, 7) is 2.30. The van der Waals surface area contributed by atoms with Crippen LogP contribution in [0.25, 0.3) is 0 Å². The van der Waals surface area contributed by atoms with Crippen molar-refractivity contribution >= 4 is 17.4 Å². The molecule has 0 spiro atoms. The number of hydrogen-bond acceptors (Lipinski definition) is 6. The number of nitrogens with zero attached hydrogens (tertiary/aromatic N) is 4. The molecular weight excluding hydrogens is 254 g/mol. The summed E-state index contributed by atoms with van der Waals surface area (Å²) in [7, 11) is 0. The van der Waals surface area contributed by atoms with Gasteiger partial charge in [-0.2, -0.15) is 10.2 Å². The predicted octanol–water partition coefficient (Wildman–Crippen LogP) is 1.95. The molecule has 6 nitrogen and oxygen atoms in total. The van der Waals surface area contributed by atoms with Crippen molar-refractivity contribution in [3.63, 3.8) is 0 Å². The maximum Gasteiger partial charge on any atom is 0.228 e. The van der Waals surface area contributed by atoms with Crippen LogP contribution in [0.1, 0.15) is 17.3 Å². The van der Waals surface area contributed by atoms with Gasteiger partial charge in [-0.3, -0.25) is 0 Å². The van der Waals surface area contributed by atoms with Crippen molar-refractivity contribution in [2.45, 2.75) is 13.3 Å². The Kier molecular flexibility index (Phi) is 3.75. The number of rotatable bonds is 4. The highest BCUT2D eigenvalue weighted by atomic mass is 35.5. The smallest absolute Gasteiger partial charge is 0.228 e. The fourth-order valence-electron chi connectivity index (χ4n) is 1.38. The zero-order valence-electron chi connectivity index (χ0n) is 9.64. The summed E-state index contributed by atoms with van der Waals surface area (Å²) in [4.78, 5) is 8.14. The highest BCUT2D eigenvalue weighted by Gasteiger charge is 2.07. The van der Waals surface area contributed by atoms with E-state index < -0.39 is 0 Å². The fraction of sp³-hybridized carbons (Fsp3) is 0.273. The average Bonchev–Trinajstić information content (AvgIpc) is 2.77. The van der Waals surface area contributed by atoms with Gasteiger partial charge in [0.25, 0.3) is 0 Å². The third-order valence-corrected chi connectivity index (χ3v) is 2.59.